The van der Waals surface area contributed by atoms with Crippen LogP contribution in [-0.4, -0.2) is 28.1 Å². The van der Waals surface area contributed by atoms with Crippen molar-refractivity contribution in [3.63, 3.8) is 0 Å². The Bertz CT molecular complexity index is 952. The van der Waals surface area contributed by atoms with E-state index in [0.29, 0.717) is 17.3 Å². The fourth-order valence-electron chi connectivity index (χ4n) is 3.06. The number of aryl methyl sites for hydroxylation is 3. The van der Waals surface area contributed by atoms with Gasteiger partial charge in [0.25, 0.3) is 5.91 Å². The van der Waals surface area contributed by atoms with Crippen LogP contribution in [0.4, 0.5) is 0 Å². The van der Waals surface area contributed by atoms with Gasteiger partial charge >= 0.3 is 0 Å². The number of carbonyl (C=O) groups excluding carboxylic acids is 1. The summed E-state index contributed by atoms with van der Waals surface area (Å²) in [5.41, 5.74) is 3.03. The van der Waals surface area contributed by atoms with Gasteiger partial charge in [0.15, 0.2) is 6.10 Å². The summed E-state index contributed by atoms with van der Waals surface area (Å²) >= 11 is 5.95. The maximum Gasteiger partial charge on any atom is 0.260 e. The number of rotatable bonds is 7. The predicted molar refractivity (Wildman–Crippen MR) is 108 cm³/mol. The van der Waals surface area contributed by atoms with E-state index < -0.39 is 6.10 Å². The largest absolute Gasteiger partial charge is 0.481 e. The number of halogens is 1. The van der Waals surface area contributed by atoms with Crippen LogP contribution < -0.4 is 10.1 Å². The third-order valence-corrected chi connectivity index (χ3v) is 4.75. The molecule has 1 atom stereocenters. The van der Waals surface area contributed by atoms with Crippen LogP contribution >= 0.6 is 11.6 Å². The third kappa shape index (κ3) is 4.61. The smallest absolute Gasteiger partial charge is 0.260 e. The fourth-order valence-corrected chi connectivity index (χ4v) is 3.29. The minimum Gasteiger partial charge on any atom is -0.481 e. The zero-order valence-corrected chi connectivity index (χ0v) is 16.6. The topological polar surface area (TPSA) is 56.1 Å². The maximum atomic E-state index is 12.3. The first-order valence-electron chi connectivity index (χ1n) is 9.08. The van der Waals surface area contributed by atoms with Gasteiger partial charge in [0, 0.05) is 18.1 Å². The summed E-state index contributed by atoms with van der Waals surface area (Å²) in [6.07, 6.45) is 0.250. The van der Waals surface area contributed by atoms with Crippen LogP contribution in [0.15, 0.2) is 42.5 Å². The molecule has 1 unspecified atom stereocenters. The average molecular weight is 386 g/mol. The number of imidazole rings is 1. The Labute approximate surface area is 164 Å². The van der Waals surface area contributed by atoms with Crippen molar-refractivity contribution in [2.45, 2.75) is 39.8 Å². The highest BCUT2D eigenvalue weighted by Crippen LogP contribution is 2.22. The van der Waals surface area contributed by atoms with Crippen LogP contribution in [0.1, 0.15) is 24.7 Å². The molecule has 0 radical (unpaired) electrons. The van der Waals surface area contributed by atoms with E-state index in [2.05, 4.69) is 20.9 Å². The molecule has 2 aromatic carbocycles. The Balaban J connectivity index is 1.49. The summed E-state index contributed by atoms with van der Waals surface area (Å²) in [7, 11) is 0. The van der Waals surface area contributed by atoms with E-state index >= 15 is 0 Å². The van der Waals surface area contributed by atoms with Gasteiger partial charge in [0.2, 0.25) is 0 Å². The summed E-state index contributed by atoms with van der Waals surface area (Å²) in [6.45, 7) is 7.04. The van der Waals surface area contributed by atoms with E-state index in [1.807, 2.05) is 38.1 Å². The van der Waals surface area contributed by atoms with Crippen LogP contribution in [-0.2, 0) is 11.3 Å². The minimum absolute atomic E-state index is 0.128. The summed E-state index contributed by atoms with van der Waals surface area (Å²) in [5, 5.41) is 3.59. The van der Waals surface area contributed by atoms with Crippen molar-refractivity contribution in [2.75, 3.05) is 6.54 Å². The van der Waals surface area contributed by atoms with Gasteiger partial charge in [-0.1, -0.05) is 23.7 Å². The number of hydrogen-bond acceptors (Lipinski definition) is 3. The van der Waals surface area contributed by atoms with E-state index in [1.165, 1.54) is 0 Å². The first-order valence-corrected chi connectivity index (χ1v) is 9.46. The Hall–Kier alpha value is -2.53. The molecule has 0 aliphatic carbocycles. The molecule has 0 fully saturated rings. The molecule has 0 saturated heterocycles. The molecule has 3 aromatic rings. The quantitative estimate of drug-likeness (QED) is 0.617. The molecule has 0 saturated carbocycles. The van der Waals surface area contributed by atoms with Crippen molar-refractivity contribution in [2.24, 2.45) is 0 Å². The number of para-hydroxylation sites is 2. The number of fused-ring (bicyclic) bond motifs is 1. The number of nitrogens with one attached hydrogen (secondary N) is 1. The lowest BCUT2D eigenvalue weighted by molar-refractivity contribution is -0.127. The molecular formula is C21H24ClN3O2. The van der Waals surface area contributed by atoms with Crippen LogP contribution in [0, 0.1) is 13.8 Å². The first-order chi connectivity index (χ1) is 13.0. The molecule has 0 spiro atoms. The molecule has 5 nitrogen and oxygen atoms in total. The molecule has 1 N–H and O–H groups in total. The molecule has 1 aromatic heterocycles. The minimum atomic E-state index is -0.569. The zero-order valence-electron chi connectivity index (χ0n) is 15.8. The Morgan fingerprint density at radius 2 is 2.04 bits per heavy atom. The van der Waals surface area contributed by atoms with E-state index in [1.54, 1.807) is 19.1 Å². The molecule has 1 heterocycles. The highest BCUT2D eigenvalue weighted by atomic mass is 35.5. The van der Waals surface area contributed by atoms with Gasteiger partial charge in [-0.2, -0.15) is 0 Å². The van der Waals surface area contributed by atoms with Crippen molar-refractivity contribution >= 4 is 28.5 Å². The molecule has 6 heteroatoms. The van der Waals surface area contributed by atoms with Crippen molar-refractivity contribution in [1.82, 2.24) is 14.9 Å². The highest BCUT2D eigenvalue weighted by molar-refractivity contribution is 6.30. The lowest BCUT2D eigenvalue weighted by Gasteiger charge is -2.16. The molecule has 0 aliphatic rings. The van der Waals surface area contributed by atoms with Crippen LogP contribution in [0.2, 0.25) is 5.02 Å². The number of ether oxygens (including phenoxy) is 1. The molecule has 3 rings (SSSR count). The second-order valence-electron chi connectivity index (χ2n) is 6.61. The highest BCUT2D eigenvalue weighted by Gasteiger charge is 2.15. The van der Waals surface area contributed by atoms with Crippen molar-refractivity contribution in [3.05, 3.63) is 58.9 Å². The van der Waals surface area contributed by atoms with Gasteiger partial charge in [0.1, 0.15) is 11.6 Å². The summed E-state index contributed by atoms with van der Waals surface area (Å²) in [4.78, 5) is 16.8. The monoisotopic (exact) mass is 385 g/mol. The molecule has 142 valence electrons. The van der Waals surface area contributed by atoms with Crippen LogP contribution in [0.5, 0.6) is 5.75 Å². The standard InChI is InChI=1S/C21H24ClN3O2/c1-14-13-17(22)9-10-20(14)27-15(2)21(26)23-11-6-12-25-16(3)24-18-7-4-5-8-19(18)25/h4-5,7-10,13,15H,6,11-12H2,1-3H3,(H,23,26). The Morgan fingerprint density at radius 1 is 1.26 bits per heavy atom. The summed E-state index contributed by atoms with van der Waals surface area (Å²) < 4.78 is 7.93. The predicted octanol–water partition coefficient (Wildman–Crippen LogP) is 4.28. The van der Waals surface area contributed by atoms with E-state index in [9.17, 15) is 4.79 Å². The number of hydrogen-bond donors (Lipinski definition) is 1. The maximum absolute atomic E-state index is 12.3. The zero-order chi connectivity index (χ0) is 19.4. The van der Waals surface area contributed by atoms with Gasteiger partial charge in [-0.25, -0.2) is 4.98 Å². The average Bonchev–Trinajstić information content (AvgIpc) is 2.96. The number of benzene rings is 2. The molecule has 1 amide bonds. The lowest BCUT2D eigenvalue weighted by Crippen LogP contribution is -2.37. The first kappa shape index (κ1) is 19.2. The van der Waals surface area contributed by atoms with E-state index in [0.717, 1.165) is 35.4 Å². The number of amides is 1. The number of nitrogens with zero attached hydrogens (tertiary/aromatic N) is 2. The normalized spacial score (nSPS) is 12.1. The van der Waals surface area contributed by atoms with E-state index in [-0.39, 0.29) is 5.91 Å². The van der Waals surface area contributed by atoms with Gasteiger partial charge in [-0.15, -0.1) is 0 Å². The van der Waals surface area contributed by atoms with Crippen molar-refractivity contribution in [3.8, 4) is 5.75 Å². The van der Waals surface area contributed by atoms with Gasteiger partial charge in [-0.05, 0) is 63.1 Å². The van der Waals surface area contributed by atoms with Gasteiger partial charge in [0.05, 0.1) is 11.0 Å². The van der Waals surface area contributed by atoms with Gasteiger partial charge in [-0.3, -0.25) is 4.79 Å². The second-order valence-corrected chi connectivity index (χ2v) is 7.05. The lowest BCUT2D eigenvalue weighted by atomic mass is 10.2. The van der Waals surface area contributed by atoms with Crippen LogP contribution in [0.25, 0.3) is 11.0 Å². The summed E-state index contributed by atoms with van der Waals surface area (Å²) in [6, 6.07) is 13.4. The SMILES string of the molecule is Cc1cc(Cl)ccc1OC(C)C(=O)NCCCn1c(C)nc2ccccc21. The Morgan fingerprint density at radius 3 is 2.81 bits per heavy atom. The number of aromatic nitrogens is 2. The third-order valence-electron chi connectivity index (χ3n) is 4.51. The summed E-state index contributed by atoms with van der Waals surface area (Å²) in [5.74, 6) is 1.52. The van der Waals surface area contributed by atoms with Crippen LogP contribution in [0.3, 0.4) is 0 Å². The Kier molecular flexibility index (Phi) is 6.01. The van der Waals surface area contributed by atoms with Crippen molar-refractivity contribution in [1.29, 1.82) is 0 Å². The molecular weight excluding hydrogens is 362 g/mol. The fraction of sp³-hybridized carbons (Fsp3) is 0.333. The van der Waals surface area contributed by atoms with Crippen molar-refractivity contribution < 1.29 is 9.53 Å². The molecule has 27 heavy (non-hydrogen) atoms. The number of carbonyl (C=O) groups is 1. The molecule has 0 aliphatic heterocycles. The second kappa shape index (κ2) is 8.44. The van der Waals surface area contributed by atoms with E-state index in [4.69, 9.17) is 16.3 Å². The molecule has 0 bridgehead atoms. The van der Waals surface area contributed by atoms with Gasteiger partial charge < -0.3 is 14.6 Å².